The molecule has 0 bridgehead atoms. The van der Waals surface area contributed by atoms with Gasteiger partial charge in [0.05, 0.1) is 0 Å². The van der Waals surface area contributed by atoms with Crippen molar-refractivity contribution in [3.05, 3.63) is 29.8 Å². The molecule has 1 amide bonds. The van der Waals surface area contributed by atoms with Gasteiger partial charge in [-0.3, -0.25) is 9.36 Å². The maximum Gasteiger partial charge on any atom is 0.363 e. The number of rotatable bonds is 15. The van der Waals surface area contributed by atoms with Crippen LogP contribution < -0.4 is 5.32 Å². The average molecular weight is 415 g/mol. The summed E-state index contributed by atoms with van der Waals surface area (Å²) in [6.45, 7) is 2.23. The van der Waals surface area contributed by atoms with Crippen molar-refractivity contribution in [2.75, 3.05) is 5.32 Å². The Labute approximate surface area is 168 Å². The Kier molecular flexibility index (Phi) is 12.3. The van der Waals surface area contributed by atoms with Crippen LogP contribution in [-0.2, 0) is 9.36 Å². The van der Waals surface area contributed by atoms with E-state index in [0.29, 0.717) is 12.1 Å². The largest absolute Gasteiger partial charge is 0.363 e. The molecule has 3 N–H and O–H groups in total. The number of carbonyl (C=O) groups excluding carboxylic acids is 1. The number of nitrogens with one attached hydrogen (secondary N) is 1. The van der Waals surface area contributed by atoms with Gasteiger partial charge in [-0.2, -0.15) is 0 Å². The van der Waals surface area contributed by atoms with Crippen molar-refractivity contribution in [1.82, 2.24) is 0 Å². The van der Waals surface area contributed by atoms with Gasteiger partial charge in [0.2, 0.25) is 11.8 Å². The fourth-order valence-corrected chi connectivity index (χ4v) is 3.65. The molecule has 28 heavy (non-hydrogen) atoms. The number of carbonyl (C=O) groups is 1. The maximum absolute atomic E-state index is 13.6. The first kappa shape index (κ1) is 24.8. The van der Waals surface area contributed by atoms with Crippen molar-refractivity contribution >= 4 is 19.2 Å². The third-order valence-electron chi connectivity index (χ3n) is 4.77. The molecule has 5 nitrogen and oxygen atoms in total. The Balaban J connectivity index is 2.11. The van der Waals surface area contributed by atoms with E-state index in [4.69, 9.17) is 9.79 Å². The summed E-state index contributed by atoms with van der Waals surface area (Å²) in [6, 6.07) is 5.47. The molecule has 1 aromatic rings. The van der Waals surface area contributed by atoms with Crippen LogP contribution in [0.4, 0.5) is 10.1 Å². The average Bonchev–Trinajstić information content (AvgIpc) is 2.65. The highest BCUT2D eigenvalue weighted by Crippen LogP contribution is 2.52. The Hall–Kier alpha value is -1.23. The van der Waals surface area contributed by atoms with Crippen molar-refractivity contribution in [2.45, 2.75) is 89.9 Å². The predicted molar refractivity (Wildman–Crippen MR) is 112 cm³/mol. The molecule has 0 aliphatic carbocycles. The third-order valence-corrected chi connectivity index (χ3v) is 5.66. The number of amides is 1. The fourth-order valence-electron chi connectivity index (χ4n) is 3.09. The molecular weight excluding hydrogens is 380 g/mol. The fraction of sp³-hybridized carbons (Fsp3) is 0.667. The summed E-state index contributed by atoms with van der Waals surface area (Å²) in [5.41, 5.74) is 0.395. The van der Waals surface area contributed by atoms with Crippen molar-refractivity contribution in [1.29, 1.82) is 0 Å². The van der Waals surface area contributed by atoms with Gasteiger partial charge >= 0.3 is 7.60 Å². The lowest BCUT2D eigenvalue weighted by molar-refractivity contribution is -0.116. The molecule has 1 aromatic carbocycles. The van der Waals surface area contributed by atoms with Gasteiger partial charge in [-0.1, -0.05) is 83.3 Å². The predicted octanol–water partition coefficient (Wildman–Crippen LogP) is 6.47. The van der Waals surface area contributed by atoms with Gasteiger partial charge in [0.15, 0.2) is 0 Å². The van der Waals surface area contributed by atoms with Gasteiger partial charge in [-0.25, -0.2) is 4.39 Å². The summed E-state index contributed by atoms with van der Waals surface area (Å²) in [7, 11) is -4.81. The van der Waals surface area contributed by atoms with Crippen LogP contribution in [0.15, 0.2) is 24.3 Å². The molecule has 0 saturated carbocycles. The lowest BCUT2D eigenvalue weighted by atomic mass is 10.1. The van der Waals surface area contributed by atoms with Gasteiger partial charge in [-0.15, -0.1) is 0 Å². The minimum absolute atomic E-state index is 0.100. The molecule has 7 heteroatoms. The van der Waals surface area contributed by atoms with Crippen LogP contribution in [0.5, 0.6) is 0 Å². The highest BCUT2D eigenvalue weighted by atomic mass is 31.2. The van der Waals surface area contributed by atoms with E-state index >= 15 is 0 Å². The molecule has 0 fully saturated rings. The second kappa shape index (κ2) is 13.9. The van der Waals surface area contributed by atoms with Crippen molar-refractivity contribution in [3.8, 4) is 0 Å². The number of hydrogen-bond acceptors (Lipinski definition) is 2. The van der Waals surface area contributed by atoms with Crippen LogP contribution in [0.2, 0.25) is 0 Å². The van der Waals surface area contributed by atoms with Crippen LogP contribution in [0.3, 0.4) is 0 Å². The minimum atomic E-state index is -4.81. The molecule has 0 heterocycles. The lowest BCUT2D eigenvalue weighted by Crippen LogP contribution is -2.11. The zero-order valence-corrected chi connectivity index (χ0v) is 17.8. The van der Waals surface area contributed by atoms with Crippen LogP contribution in [0.1, 0.15) is 95.4 Å². The lowest BCUT2D eigenvalue weighted by Gasteiger charge is -2.11. The minimum Gasteiger partial charge on any atom is -0.326 e. The van der Waals surface area contributed by atoms with Crippen LogP contribution in [0, 0.1) is 0 Å². The number of anilines is 1. The van der Waals surface area contributed by atoms with Crippen LogP contribution in [-0.4, -0.2) is 15.7 Å². The SMILES string of the molecule is CCCCCCCCCCCCCC(=O)Nc1ccc(C(F)P(=O)(O)O)cc1. The van der Waals surface area contributed by atoms with E-state index in [1.165, 1.54) is 75.6 Å². The van der Waals surface area contributed by atoms with E-state index in [0.717, 1.165) is 19.3 Å². The molecule has 1 atom stereocenters. The summed E-state index contributed by atoms with van der Waals surface area (Å²) in [5, 5.41) is 2.73. The molecule has 0 radical (unpaired) electrons. The Bertz CT molecular complexity index is 603. The van der Waals surface area contributed by atoms with Crippen molar-refractivity contribution in [3.63, 3.8) is 0 Å². The van der Waals surface area contributed by atoms with E-state index in [2.05, 4.69) is 12.2 Å². The number of benzene rings is 1. The van der Waals surface area contributed by atoms with E-state index in [1.807, 2.05) is 0 Å². The Morgan fingerprint density at radius 1 is 0.929 bits per heavy atom. The monoisotopic (exact) mass is 415 g/mol. The second-order valence-corrected chi connectivity index (χ2v) is 9.01. The first-order valence-electron chi connectivity index (χ1n) is 10.4. The Morgan fingerprint density at radius 2 is 1.39 bits per heavy atom. The molecule has 0 aliphatic rings. The summed E-state index contributed by atoms with van der Waals surface area (Å²) in [4.78, 5) is 29.6. The van der Waals surface area contributed by atoms with Crippen LogP contribution in [0.25, 0.3) is 0 Å². The molecule has 0 aromatic heterocycles. The standard InChI is InChI=1S/C21H35FNO4P/c1-2-3-4-5-6-7-8-9-10-11-12-13-20(24)23-19-16-14-18(15-17-19)21(22)28(25,26)27/h14-17,21H,2-13H2,1H3,(H,23,24)(H2,25,26,27). The van der Waals surface area contributed by atoms with E-state index < -0.39 is 13.5 Å². The first-order valence-corrected chi connectivity index (χ1v) is 12.1. The molecule has 0 spiro atoms. The first-order chi connectivity index (χ1) is 13.3. The second-order valence-electron chi connectivity index (χ2n) is 7.38. The zero-order valence-electron chi connectivity index (χ0n) is 16.9. The van der Waals surface area contributed by atoms with Crippen LogP contribution >= 0.6 is 7.60 Å². The topological polar surface area (TPSA) is 86.6 Å². The zero-order chi connectivity index (χ0) is 20.8. The summed E-state index contributed by atoms with van der Waals surface area (Å²) < 4.78 is 24.5. The third kappa shape index (κ3) is 10.9. The normalized spacial score (nSPS) is 12.7. The summed E-state index contributed by atoms with van der Waals surface area (Å²) in [5.74, 6) is -2.44. The molecule has 160 valence electrons. The molecule has 0 saturated heterocycles. The van der Waals surface area contributed by atoms with Gasteiger partial charge in [0, 0.05) is 12.1 Å². The van der Waals surface area contributed by atoms with E-state index in [1.54, 1.807) is 0 Å². The van der Waals surface area contributed by atoms with Crippen molar-refractivity contribution in [2.24, 2.45) is 0 Å². The van der Waals surface area contributed by atoms with E-state index in [9.17, 15) is 13.8 Å². The van der Waals surface area contributed by atoms with Gasteiger partial charge in [-0.05, 0) is 24.1 Å². The quantitative estimate of drug-likeness (QED) is 0.226. The molecule has 0 aliphatic heterocycles. The highest BCUT2D eigenvalue weighted by molar-refractivity contribution is 7.51. The molecular formula is C21H35FNO4P. The summed E-state index contributed by atoms with van der Waals surface area (Å²) >= 11 is 0. The maximum atomic E-state index is 13.6. The summed E-state index contributed by atoms with van der Waals surface area (Å²) in [6.07, 6.45) is 13.9. The number of halogens is 1. The van der Waals surface area contributed by atoms with Gasteiger partial charge in [0.1, 0.15) is 0 Å². The van der Waals surface area contributed by atoms with E-state index in [-0.39, 0.29) is 11.5 Å². The number of hydrogen-bond donors (Lipinski definition) is 3. The number of alkyl halides is 1. The Morgan fingerprint density at radius 3 is 1.86 bits per heavy atom. The number of unbranched alkanes of at least 4 members (excludes halogenated alkanes) is 10. The molecule has 1 unspecified atom stereocenters. The van der Waals surface area contributed by atoms with Crippen molar-refractivity contribution < 1.29 is 23.5 Å². The smallest absolute Gasteiger partial charge is 0.326 e. The van der Waals surface area contributed by atoms with Gasteiger partial charge < -0.3 is 15.1 Å². The van der Waals surface area contributed by atoms with Gasteiger partial charge in [0.25, 0.3) is 0 Å². The molecule has 1 rings (SSSR count). The highest BCUT2D eigenvalue weighted by Gasteiger charge is 2.29.